The number of nitrogens with zero attached hydrogens (tertiary/aromatic N) is 1. The topological polar surface area (TPSA) is 40.5 Å². The lowest BCUT2D eigenvalue weighted by Gasteiger charge is -2.36. The fraction of sp³-hybridized carbons (Fsp3) is 0.417. The minimum atomic E-state index is -0.333. The van der Waals surface area contributed by atoms with Crippen LogP contribution in [-0.2, 0) is 0 Å². The fourth-order valence-corrected chi connectivity index (χ4v) is 1.90. The molecule has 0 aliphatic carbocycles. The van der Waals surface area contributed by atoms with Gasteiger partial charge in [0.05, 0.1) is 6.10 Å². The number of carbonyl (C=O) groups is 1. The van der Waals surface area contributed by atoms with Crippen molar-refractivity contribution in [1.29, 1.82) is 0 Å². The van der Waals surface area contributed by atoms with E-state index in [-0.39, 0.29) is 12.0 Å². The van der Waals surface area contributed by atoms with Crippen LogP contribution in [0.2, 0.25) is 0 Å². The molecule has 1 fully saturated rings. The Hall–Kier alpha value is -1.35. The molecule has 3 heteroatoms. The molecule has 1 heterocycles. The second-order valence-corrected chi connectivity index (χ2v) is 4.24. The number of hydrogen-bond donors (Lipinski definition) is 1. The van der Waals surface area contributed by atoms with Crippen LogP contribution in [0, 0.1) is 13.8 Å². The van der Waals surface area contributed by atoms with Gasteiger partial charge in [0.1, 0.15) is 0 Å². The van der Waals surface area contributed by atoms with E-state index in [9.17, 15) is 4.79 Å². The Balaban J connectivity index is 2.18. The first-order valence-corrected chi connectivity index (χ1v) is 5.12. The summed E-state index contributed by atoms with van der Waals surface area (Å²) >= 11 is 0. The largest absolute Gasteiger partial charge is 0.389 e. The molecule has 2 rings (SSSR count). The first-order chi connectivity index (χ1) is 7.06. The number of aliphatic hydroxyl groups is 1. The van der Waals surface area contributed by atoms with E-state index in [1.54, 1.807) is 4.90 Å². The van der Waals surface area contributed by atoms with Crippen LogP contribution in [0.3, 0.4) is 0 Å². The zero-order valence-corrected chi connectivity index (χ0v) is 9.03. The summed E-state index contributed by atoms with van der Waals surface area (Å²) in [6.45, 7) is 4.89. The van der Waals surface area contributed by atoms with Gasteiger partial charge in [0.25, 0.3) is 5.91 Å². The first kappa shape index (κ1) is 10.2. The van der Waals surface area contributed by atoms with E-state index in [4.69, 9.17) is 5.11 Å². The molecule has 1 saturated heterocycles. The van der Waals surface area contributed by atoms with Gasteiger partial charge in [-0.25, -0.2) is 0 Å². The highest BCUT2D eigenvalue weighted by Crippen LogP contribution is 2.15. The third kappa shape index (κ3) is 2.02. The summed E-state index contributed by atoms with van der Waals surface area (Å²) in [6, 6.07) is 5.82. The number of likely N-dealkylation sites (tertiary alicyclic amines) is 1. The van der Waals surface area contributed by atoms with Crippen molar-refractivity contribution < 1.29 is 9.90 Å². The van der Waals surface area contributed by atoms with Crippen molar-refractivity contribution >= 4 is 5.91 Å². The quantitative estimate of drug-likeness (QED) is 0.746. The molecule has 0 saturated carbocycles. The highest BCUT2D eigenvalue weighted by atomic mass is 16.3. The highest BCUT2D eigenvalue weighted by molar-refractivity contribution is 5.95. The van der Waals surface area contributed by atoms with Crippen molar-refractivity contribution in [1.82, 2.24) is 4.90 Å². The Bertz CT molecular complexity index is 374. The number of carbonyl (C=O) groups excluding carboxylic acids is 1. The van der Waals surface area contributed by atoms with Crippen LogP contribution in [0.15, 0.2) is 18.2 Å². The number of benzene rings is 1. The van der Waals surface area contributed by atoms with Gasteiger partial charge in [0.15, 0.2) is 0 Å². The standard InChI is InChI=1S/C12H15NO2/c1-8-3-9(2)5-10(4-8)12(15)13-6-11(14)7-13/h3-5,11,14H,6-7H2,1-2H3. The predicted octanol–water partition coefficient (Wildman–Crippen LogP) is 1.12. The maximum absolute atomic E-state index is 11.9. The van der Waals surface area contributed by atoms with Gasteiger partial charge < -0.3 is 10.0 Å². The van der Waals surface area contributed by atoms with Crippen molar-refractivity contribution in [3.05, 3.63) is 34.9 Å². The molecule has 1 aromatic rings. The van der Waals surface area contributed by atoms with Crippen LogP contribution in [0.5, 0.6) is 0 Å². The van der Waals surface area contributed by atoms with Crippen LogP contribution in [-0.4, -0.2) is 35.1 Å². The molecular formula is C12H15NO2. The van der Waals surface area contributed by atoms with Gasteiger partial charge in [0, 0.05) is 18.7 Å². The highest BCUT2D eigenvalue weighted by Gasteiger charge is 2.29. The van der Waals surface area contributed by atoms with Crippen molar-refractivity contribution in [2.24, 2.45) is 0 Å². The minimum Gasteiger partial charge on any atom is -0.389 e. The van der Waals surface area contributed by atoms with Gasteiger partial charge in [0.2, 0.25) is 0 Å². The Labute approximate surface area is 89.3 Å². The summed E-state index contributed by atoms with van der Waals surface area (Å²) in [6.07, 6.45) is -0.333. The Kier molecular flexibility index (Phi) is 2.49. The average Bonchev–Trinajstić information content (AvgIpc) is 2.10. The number of aryl methyl sites for hydroxylation is 2. The Morgan fingerprint density at radius 3 is 2.27 bits per heavy atom. The summed E-state index contributed by atoms with van der Waals surface area (Å²) in [7, 11) is 0. The molecule has 0 spiro atoms. The summed E-state index contributed by atoms with van der Waals surface area (Å²) in [5.41, 5.74) is 2.92. The fourth-order valence-electron chi connectivity index (χ4n) is 1.90. The molecule has 0 aromatic heterocycles. The Morgan fingerprint density at radius 1 is 1.27 bits per heavy atom. The van der Waals surface area contributed by atoms with Crippen LogP contribution in [0.1, 0.15) is 21.5 Å². The third-order valence-electron chi connectivity index (χ3n) is 2.62. The maximum Gasteiger partial charge on any atom is 0.254 e. The van der Waals surface area contributed by atoms with E-state index in [1.807, 2.05) is 32.0 Å². The van der Waals surface area contributed by atoms with E-state index in [2.05, 4.69) is 0 Å². The maximum atomic E-state index is 11.9. The molecular weight excluding hydrogens is 190 g/mol. The van der Waals surface area contributed by atoms with Gasteiger partial charge in [-0.3, -0.25) is 4.79 Å². The van der Waals surface area contributed by atoms with Gasteiger partial charge in [-0.15, -0.1) is 0 Å². The van der Waals surface area contributed by atoms with Gasteiger partial charge >= 0.3 is 0 Å². The van der Waals surface area contributed by atoms with Crippen molar-refractivity contribution in [2.45, 2.75) is 20.0 Å². The van der Waals surface area contributed by atoms with Crippen LogP contribution < -0.4 is 0 Å². The molecule has 1 aliphatic rings. The molecule has 0 atom stereocenters. The van der Waals surface area contributed by atoms with Gasteiger partial charge in [-0.05, 0) is 26.0 Å². The van der Waals surface area contributed by atoms with Crippen LogP contribution >= 0.6 is 0 Å². The van der Waals surface area contributed by atoms with Gasteiger partial charge in [-0.1, -0.05) is 17.2 Å². The molecule has 1 aromatic carbocycles. The average molecular weight is 205 g/mol. The lowest BCUT2D eigenvalue weighted by molar-refractivity contribution is 0.00588. The van der Waals surface area contributed by atoms with E-state index in [1.165, 1.54) is 0 Å². The lowest BCUT2D eigenvalue weighted by Crippen LogP contribution is -2.53. The SMILES string of the molecule is Cc1cc(C)cc(C(=O)N2CC(O)C2)c1. The zero-order chi connectivity index (χ0) is 11.0. The van der Waals surface area contributed by atoms with Crippen LogP contribution in [0.25, 0.3) is 0 Å². The normalized spacial score (nSPS) is 16.3. The molecule has 1 amide bonds. The molecule has 1 aliphatic heterocycles. The molecule has 0 radical (unpaired) electrons. The van der Waals surface area contributed by atoms with Crippen LogP contribution in [0.4, 0.5) is 0 Å². The summed E-state index contributed by atoms with van der Waals surface area (Å²) in [5, 5.41) is 9.13. The number of rotatable bonds is 1. The minimum absolute atomic E-state index is 0.0205. The molecule has 15 heavy (non-hydrogen) atoms. The lowest BCUT2D eigenvalue weighted by atomic mass is 10.0. The summed E-state index contributed by atoms with van der Waals surface area (Å²) < 4.78 is 0. The number of aliphatic hydroxyl groups excluding tert-OH is 1. The van der Waals surface area contributed by atoms with Crippen molar-refractivity contribution in [3.63, 3.8) is 0 Å². The zero-order valence-electron chi connectivity index (χ0n) is 9.03. The number of hydrogen-bond acceptors (Lipinski definition) is 2. The van der Waals surface area contributed by atoms with E-state index >= 15 is 0 Å². The number of amides is 1. The third-order valence-corrected chi connectivity index (χ3v) is 2.62. The number of β-amino-alcohol motifs (C(OH)–C–C–N with tert-alkyl or cyclic N) is 1. The summed E-state index contributed by atoms with van der Waals surface area (Å²) in [5.74, 6) is 0.0205. The molecule has 0 bridgehead atoms. The van der Waals surface area contributed by atoms with Gasteiger partial charge in [-0.2, -0.15) is 0 Å². The van der Waals surface area contributed by atoms with Crippen molar-refractivity contribution in [2.75, 3.05) is 13.1 Å². The molecule has 3 nitrogen and oxygen atoms in total. The monoisotopic (exact) mass is 205 g/mol. The predicted molar refractivity (Wildman–Crippen MR) is 57.8 cm³/mol. The summed E-state index contributed by atoms with van der Waals surface area (Å²) in [4.78, 5) is 13.6. The second kappa shape index (κ2) is 3.66. The smallest absolute Gasteiger partial charge is 0.254 e. The first-order valence-electron chi connectivity index (χ1n) is 5.12. The molecule has 80 valence electrons. The van der Waals surface area contributed by atoms with E-state index < -0.39 is 0 Å². The Morgan fingerprint density at radius 2 is 1.80 bits per heavy atom. The molecule has 0 unspecified atom stereocenters. The van der Waals surface area contributed by atoms with E-state index in [0.717, 1.165) is 16.7 Å². The molecule has 1 N–H and O–H groups in total. The second-order valence-electron chi connectivity index (χ2n) is 4.24. The van der Waals surface area contributed by atoms with Crippen molar-refractivity contribution in [3.8, 4) is 0 Å². The van der Waals surface area contributed by atoms with E-state index in [0.29, 0.717) is 13.1 Å².